The van der Waals surface area contributed by atoms with Crippen molar-refractivity contribution >= 4 is 50.2 Å². The molecule has 0 bridgehead atoms. The monoisotopic (exact) mass is 586 g/mol. The van der Waals surface area contributed by atoms with E-state index in [9.17, 15) is 31.9 Å². The molecule has 0 aliphatic rings. The standard InChI is InChI=1S/C22H17F2IN2O5S/c23-16-7-4-8-17(24)20(16)33(31,32)27-18-12-14(25)9-10-15(18)21(28)26-19(22(29)30)11-13-5-2-1-3-6-13/h1-10,12,19,27H,11H2,(H,26,28)(H,29,30)/t19-/m1/s1. The van der Waals surface area contributed by atoms with Gasteiger partial charge < -0.3 is 10.4 Å². The Labute approximate surface area is 202 Å². The van der Waals surface area contributed by atoms with Gasteiger partial charge in [-0.05, 0) is 58.5 Å². The predicted molar refractivity (Wildman–Crippen MR) is 125 cm³/mol. The van der Waals surface area contributed by atoms with Crippen LogP contribution < -0.4 is 10.0 Å². The summed E-state index contributed by atoms with van der Waals surface area (Å²) in [6.07, 6.45) is -0.00617. The Morgan fingerprint density at radius 2 is 1.61 bits per heavy atom. The lowest BCUT2D eigenvalue weighted by atomic mass is 10.1. The molecular formula is C22H17F2IN2O5S. The normalized spacial score (nSPS) is 12.1. The summed E-state index contributed by atoms with van der Waals surface area (Å²) in [5.74, 6) is -4.75. The van der Waals surface area contributed by atoms with Gasteiger partial charge in [-0.2, -0.15) is 0 Å². The molecule has 0 aliphatic heterocycles. The first kappa shape index (κ1) is 24.6. The van der Waals surface area contributed by atoms with Gasteiger partial charge in [-0.25, -0.2) is 22.0 Å². The number of sulfonamides is 1. The first-order valence-corrected chi connectivity index (χ1v) is 12.0. The number of nitrogens with one attached hydrogen (secondary N) is 2. The van der Waals surface area contributed by atoms with Gasteiger partial charge in [-0.15, -0.1) is 0 Å². The van der Waals surface area contributed by atoms with E-state index in [0.29, 0.717) is 9.13 Å². The second-order valence-electron chi connectivity index (χ2n) is 6.90. The molecule has 0 radical (unpaired) electrons. The van der Waals surface area contributed by atoms with E-state index in [-0.39, 0.29) is 17.7 Å². The van der Waals surface area contributed by atoms with Gasteiger partial charge in [-0.1, -0.05) is 36.4 Å². The Bertz CT molecular complexity index is 1280. The van der Waals surface area contributed by atoms with Crippen LogP contribution in [-0.4, -0.2) is 31.4 Å². The van der Waals surface area contributed by atoms with Crippen LogP contribution in [0.2, 0.25) is 0 Å². The maximum Gasteiger partial charge on any atom is 0.326 e. The number of carbonyl (C=O) groups is 2. The van der Waals surface area contributed by atoms with Gasteiger partial charge in [0.1, 0.15) is 17.7 Å². The lowest BCUT2D eigenvalue weighted by molar-refractivity contribution is -0.139. The third-order valence-corrected chi connectivity index (χ3v) is 6.63. The molecule has 0 saturated carbocycles. The zero-order valence-corrected chi connectivity index (χ0v) is 19.7. The Morgan fingerprint density at radius 3 is 2.21 bits per heavy atom. The summed E-state index contributed by atoms with van der Waals surface area (Å²) in [4.78, 5) is 23.4. The number of hydrogen-bond acceptors (Lipinski definition) is 4. The highest BCUT2D eigenvalue weighted by Crippen LogP contribution is 2.26. The molecule has 0 saturated heterocycles. The number of benzene rings is 3. The van der Waals surface area contributed by atoms with Gasteiger partial charge in [0.05, 0.1) is 11.3 Å². The van der Waals surface area contributed by atoms with Gasteiger partial charge in [0.25, 0.3) is 15.9 Å². The van der Waals surface area contributed by atoms with Crippen molar-refractivity contribution in [3.63, 3.8) is 0 Å². The number of aliphatic carboxylic acids is 1. The van der Waals surface area contributed by atoms with Crippen LogP contribution in [0.3, 0.4) is 0 Å². The first-order valence-electron chi connectivity index (χ1n) is 9.42. The predicted octanol–water partition coefficient (Wildman–Crippen LogP) is 3.80. The molecule has 0 fully saturated rings. The average Bonchev–Trinajstić information content (AvgIpc) is 2.73. The van der Waals surface area contributed by atoms with Gasteiger partial charge in [0, 0.05) is 9.99 Å². The summed E-state index contributed by atoms with van der Waals surface area (Å²) in [5, 5.41) is 11.9. The van der Waals surface area contributed by atoms with Crippen LogP contribution in [0.25, 0.3) is 0 Å². The molecule has 0 aromatic heterocycles. The SMILES string of the molecule is O=C(N[C@H](Cc1ccccc1)C(=O)O)c1ccc(I)cc1NS(=O)(=O)c1c(F)cccc1F. The molecule has 0 spiro atoms. The van der Waals surface area contributed by atoms with Crippen molar-refractivity contribution in [1.29, 1.82) is 0 Å². The lowest BCUT2D eigenvalue weighted by Gasteiger charge is -2.17. The largest absolute Gasteiger partial charge is 0.480 e. The smallest absolute Gasteiger partial charge is 0.326 e. The van der Waals surface area contributed by atoms with Gasteiger partial charge in [-0.3, -0.25) is 9.52 Å². The van der Waals surface area contributed by atoms with Gasteiger partial charge >= 0.3 is 5.97 Å². The van der Waals surface area contributed by atoms with E-state index in [1.165, 1.54) is 18.2 Å². The fourth-order valence-corrected chi connectivity index (χ4v) is 4.72. The molecular weight excluding hydrogens is 569 g/mol. The molecule has 1 atom stereocenters. The molecule has 11 heteroatoms. The fraction of sp³-hybridized carbons (Fsp3) is 0.0909. The zero-order valence-electron chi connectivity index (χ0n) is 16.8. The minimum Gasteiger partial charge on any atom is -0.480 e. The van der Waals surface area contributed by atoms with Crippen molar-refractivity contribution in [1.82, 2.24) is 5.32 Å². The summed E-state index contributed by atoms with van der Waals surface area (Å²) in [7, 11) is -4.74. The van der Waals surface area contributed by atoms with Crippen molar-refractivity contribution in [3.05, 3.63) is 93.1 Å². The maximum atomic E-state index is 14.0. The lowest BCUT2D eigenvalue weighted by Crippen LogP contribution is -2.42. The van der Waals surface area contributed by atoms with Crippen molar-refractivity contribution in [2.45, 2.75) is 17.4 Å². The molecule has 3 aromatic carbocycles. The van der Waals surface area contributed by atoms with Gasteiger partial charge in [0.15, 0.2) is 4.90 Å². The number of amides is 1. The van der Waals surface area contributed by atoms with Crippen molar-refractivity contribution in [3.8, 4) is 0 Å². The average molecular weight is 586 g/mol. The molecule has 0 heterocycles. The highest BCUT2D eigenvalue weighted by Gasteiger charge is 2.27. The van der Waals surface area contributed by atoms with Crippen LogP contribution in [0, 0.1) is 15.2 Å². The summed E-state index contributed by atoms with van der Waals surface area (Å²) >= 11 is 1.87. The van der Waals surface area contributed by atoms with E-state index in [2.05, 4.69) is 5.32 Å². The highest BCUT2D eigenvalue weighted by atomic mass is 127. The second kappa shape index (κ2) is 10.3. The highest BCUT2D eigenvalue weighted by molar-refractivity contribution is 14.1. The summed E-state index contributed by atoms with van der Waals surface area (Å²) in [5.41, 5.74) is 0.199. The van der Waals surface area contributed by atoms with E-state index in [4.69, 9.17) is 0 Å². The molecule has 0 aliphatic carbocycles. The number of halogens is 3. The molecule has 7 nitrogen and oxygen atoms in total. The quantitative estimate of drug-likeness (QED) is 0.348. The van der Waals surface area contributed by atoms with E-state index in [1.54, 1.807) is 30.3 Å². The topological polar surface area (TPSA) is 113 Å². The summed E-state index contributed by atoms with van der Waals surface area (Å²) in [6, 6.07) is 14.0. The van der Waals surface area contributed by atoms with E-state index >= 15 is 0 Å². The van der Waals surface area contributed by atoms with Crippen molar-refractivity contribution in [2.24, 2.45) is 0 Å². The van der Waals surface area contributed by atoms with Crippen LogP contribution in [-0.2, 0) is 21.2 Å². The minimum absolute atomic E-state index is 0.00617. The van der Waals surface area contributed by atoms with Crippen molar-refractivity contribution in [2.75, 3.05) is 4.72 Å². The number of anilines is 1. The number of carbonyl (C=O) groups excluding carboxylic acids is 1. The van der Waals surface area contributed by atoms with Crippen LogP contribution in [0.1, 0.15) is 15.9 Å². The Balaban J connectivity index is 1.91. The molecule has 3 N–H and O–H groups in total. The number of hydrogen-bond donors (Lipinski definition) is 3. The van der Waals surface area contributed by atoms with Crippen LogP contribution in [0.15, 0.2) is 71.6 Å². The summed E-state index contributed by atoms with van der Waals surface area (Å²) < 4.78 is 56.0. The maximum absolute atomic E-state index is 14.0. The molecule has 3 aromatic rings. The summed E-state index contributed by atoms with van der Waals surface area (Å²) in [6.45, 7) is 0. The third kappa shape index (κ3) is 6.05. The molecule has 0 unspecified atom stereocenters. The van der Waals surface area contributed by atoms with E-state index in [0.717, 1.165) is 18.2 Å². The Kier molecular flexibility index (Phi) is 7.64. The van der Waals surface area contributed by atoms with Crippen LogP contribution in [0.4, 0.5) is 14.5 Å². The fourth-order valence-electron chi connectivity index (χ4n) is 3.02. The number of carboxylic acid groups (broad SMARTS) is 1. The van der Waals surface area contributed by atoms with Crippen LogP contribution in [0.5, 0.6) is 0 Å². The molecule has 33 heavy (non-hydrogen) atoms. The Hall–Kier alpha value is -3.06. The number of rotatable bonds is 8. The molecule has 172 valence electrons. The first-order chi connectivity index (χ1) is 15.6. The van der Waals surface area contributed by atoms with Gasteiger partial charge in [0.2, 0.25) is 0 Å². The van der Waals surface area contributed by atoms with Crippen molar-refractivity contribution < 1.29 is 31.9 Å². The van der Waals surface area contributed by atoms with Crippen LogP contribution >= 0.6 is 22.6 Å². The Morgan fingerprint density at radius 1 is 0.970 bits per heavy atom. The second-order valence-corrected chi connectivity index (χ2v) is 9.77. The van der Waals surface area contributed by atoms with E-state index in [1.807, 2.05) is 27.3 Å². The third-order valence-electron chi connectivity index (χ3n) is 4.54. The molecule has 1 amide bonds. The zero-order chi connectivity index (χ0) is 24.2. The van der Waals surface area contributed by atoms with E-state index < -0.39 is 44.5 Å². The number of carboxylic acids is 1. The molecule has 3 rings (SSSR count). The minimum atomic E-state index is -4.74.